The molecule has 1 aliphatic carbocycles. The van der Waals surface area contributed by atoms with E-state index in [-0.39, 0.29) is 0 Å². The normalized spacial score (nSPS) is 20.5. The number of aromatic amines is 1. The number of rotatable bonds is 2. The van der Waals surface area contributed by atoms with Crippen LogP contribution in [0.4, 0.5) is 5.82 Å². The van der Waals surface area contributed by atoms with E-state index in [1.807, 2.05) is 0 Å². The summed E-state index contributed by atoms with van der Waals surface area (Å²) < 4.78 is 5.70. The molecule has 0 atom stereocenters. The molecular weight excluding hydrogens is 214 g/mol. The van der Waals surface area contributed by atoms with E-state index >= 15 is 0 Å². The Morgan fingerprint density at radius 2 is 2.18 bits per heavy atom. The van der Waals surface area contributed by atoms with Crippen LogP contribution in [0.2, 0.25) is 0 Å². The molecule has 92 valence electrons. The van der Waals surface area contributed by atoms with E-state index in [2.05, 4.69) is 27.8 Å². The Morgan fingerprint density at radius 1 is 1.29 bits per heavy atom. The lowest BCUT2D eigenvalue weighted by molar-refractivity contribution is -0.379. The van der Waals surface area contributed by atoms with E-state index in [9.17, 15) is 0 Å². The smallest absolute Gasteiger partial charge is 0.286 e. The number of fused-ring (bicyclic) bond motifs is 1. The van der Waals surface area contributed by atoms with Crippen LogP contribution in [0.5, 0.6) is 5.88 Å². The Kier molecular flexibility index (Phi) is 3.14. The van der Waals surface area contributed by atoms with Crippen LogP contribution in [-0.2, 0) is 6.54 Å². The molecule has 0 bridgehead atoms. The minimum atomic E-state index is 0.633. The van der Waals surface area contributed by atoms with Gasteiger partial charge in [0.15, 0.2) is 0 Å². The van der Waals surface area contributed by atoms with Gasteiger partial charge < -0.3 is 10.1 Å². The first-order valence-electron chi connectivity index (χ1n) is 6.57. The van der Waals surface area contributed by atoms with Gasteiger partial charge in [-0.1, -0.05) is 0 Å². The zero-order valence-electron chi connectivity index (χ0n) is 10.1. The summed E-state index contributed by atoms with van der Waals surface area (Å²) >= 11 is 0. The Labute approximate surface area is 102 Å². The number of H-pyrrole nitrogens is 1. The summed E-state index contributed by atoms with van der Waals surface area (Å²) in [6, 6.07) is 4.89. The molecule has 0 saturated heterocycles. The van der Waals surface area contributed by atoms with Gasteiger partial charge in [0, 0.05) is 19.2 Å². The highest BCUT2D eigenvalue weighted by molar-refractivity contribution is 5.35. The van der Waals surface area contributed by atoms with Gasteiger partial charge in [-0.25, -0.2) is 4.98 Å². The number of nitrogens with one attached hydrogen (secondary N) is 3. The first-order chi connectivity index (χ1) is 8.42. The molecule has 2 aliphatic rings. The maximum absolute atomic E-state index is 5.70. The van der Waals surface area contributed by atoms with E-state index in [0.29, 0.717) is 6.04 Å². The lowest BCUT2D eigenvalue weighted by Crippen LogP contribution is -2.23. The second-order valence-electron chi connectivity index (χ2n) is 4.88. The highest BCUT2D eigenvalue weighted by Gasteiger charge is 2.21. The first-order valence-corrected chi connectivity index (χ1v) is 6.57. The highest BCUT2D eigenvalue weighted by atomic mass is 16.5. The number of ether oxygens (including phenoxy) is 1. The average Bonchev–Trinajstić information content (AvgIpc) is 2.73. The fraction of sp³-hybridized carbons (Fsp3) is 0.615. The van der Waals surface area contributed by atoms with Gasteiger partial charge in [0.1, 0.15) is 6.61 Å². The van der Waals surface area contributed by atoms with E-state index in [0.717, 1.165) is 31.4 Å². The summed E-state index contributed by atoms with van der Waals surface area (Å²) in [6.07, 6.45) is 5.27. The standard InChI is InChI=1S/C13H19N3O/c1-2-4-11(3-1)15-12-6-5-10-9-14-7-8-17-13(10)16-12/h5-6,11,14H,1-4,7-9H2,(H,15,16)/p+1. The molecule has 2 heterocycles. The van der Waals surface area contributed by atoms with Crippen LogP contribution in [0.1, 0.15) is 31.2 Å². The van der Waals surface area contributed by atoms with Gasteiger partial charge in [0.2, 0.25) is 0 Å². The van der Waals surface area contributed by atoms with E-state index in [1.165, 1.54) is 31.2 Å². The molecule has 3 rings (SSSR count). The van der Waals surface area contributed by atoms with Crippen LogP contribution in [0, 0.1) is 0 Å². The highest BCUT2D eigenvalue weighted by Crippen LogP contribution is 2.22. The van der Waals surface area contributed by atoms with Gasteiger partial charge in [-0.15, -0.1) is 0 Å². The summed E-state index contributed by atoms with van der Waals surface area (Å²) in [7, 11) is 0. The second kappa shape index (κ2) is 4.92. The molecule has 4 nitrogen and oxygen atoms in total. The maximum atomic E-state index is 5.70. The zero-order valence-corrected chi connectivity index (χ0v) is 10.1. The van der Waals surface area contributed by atoms with Crippen molar-refractivity contribution in [3.8, 4) is 5.88 Å². The van der Waals surface area contributed by atoms with Gasteiger partial charge in [0.25, 0.3) is 11.7 Å². The van der Waals surface area contributed by atoms with Crippen molar-refractivity contribution in [3.63, 3.8) is 0 Å². The maximum Gasteiger partial charge on any atom is 0.286 e. The van der Waals surface area contributed by atoms with Crippen molar-refractivity contribution in [2.24, 2.45) is 0 Å². The van der Waals surface area contributed by atoms with Crippen molar-refractivity contribution in [3.05, 3.63) is 17.7 Å². The van der Waals surface area contributed by atoms with Crippen LogP contribution in [0.3, 0.4) is 0 Å². The van der Waals surface area contributed by atoms with Crippen LogP contribution >= 0.6 is 0 Å². The first kappa shape index (κ1) is 10.8. The Balaban J connectivity index is 1.74. The van der Waals surface area contributed by atoms with Gasteiger partial charge in [-0.2, -0.15) is 0 Å². The summed E-state index contributed by atoms with van der Waals surface area (Å²) in [4.78, 5) is 3.36. The van der Waals surface area contributed by atoms with Crippen LogP contribution in [0.25, 0.3) is 0 Å². The molecule has 0 radical (unpaired) electrons. The molecule has 1 saturated carbocycles. The van der Waals surface area contributed by atoms with Gasteiger partial charge in [-0.05, 0) is 31.7 Å². The zero-order chi connectivity index (χ0) is 11.5. The lowest BCUT2D eigenvalue weighted by atomic mass is 10.2. The molecule has 1 aromatic heterocycles. The fourth-order valence-corrected chi connectivity index (χ4v) is 2.59. The fourth-order valence-electron chi connectivity index (χ4n) is 2.59. The average molecular weight is 234 g/mol. The van der Waals surface area contributed by atoms with Crippen molar-refractivity contribution in [2.75, 3.05) is 18.5 Å². The Bertz CT molecular complexity index is 388. The summed E-state index contributed by atoms with van der Waals surface area (Å²) in [5.41, 5.74) is 1.21. The van der Waals surface area contributed by atoms with Gasteiger partial charge >= 0.3 is 0 Å². The number of pyridine rings is 1. The third kappa shape index (κ3) is 2.52. The van der Waals surface area contributed by atoms with E-state index in [4.69, 9.17) is 4.74 Å². The minimum Gasteiger partial charge on any atom is -0.461 e. The largest absolute Gasteiger partial charge is 0.461 e. The van der Waals surface area contributed by atoms with Crippen molar-refractivity contribution in [1.29, 1.82) is 0 Å². The van der Waals surface area contributed by atoms with Crippen molar-refractivity contribution < 1.29 is 9.72 Å². The summed E-state index contributed by atoms with van der Waals surface area (Å²) in [6.45, 7) is 2.53. The molecule has 1 aromatic rings. The molecule has 1 aliphatic heterocycles. The number of hydrogen-bond donors (Lipinski definition) is 2. The summed E-state index contributed by atoms with van der Waals surface area (Å²) in [5.74, 6) is 2.00. The predicted octanol–water partition coefficient (Wildman–Crippen LogP) is 1.34. The number of anilines is 1. The van der Waals surface area contributed by atoms with E-state index in [1.54, 1.807) is 0 Å². The topological polar surface area (TPSA) is 47.4 Å². The van der Waals surface area contributed by atoms with Gasteiger partial charge in [0.05, 0.1) is 11.6 Å². The third-order valence-corrected chi connectivity index (χ3v) is 3.55. The SMILES string of the molecule is c1cc2c([nH+]c1NC1CCCC1)OCCNC2. The number of aromatic nitrogens is 1. The Hall–Kier alpha value is -1.29. The van der Waals surface area contributed by atoms with Crippen LogP contribution in [0.15, 0.2) is 12.1 Å². The molecule has 0 unspecified atom stereocenters. The predicted molar refractivity (Wildman–Crippen MR) is 66.1 cm³/mol. The molecule has 0 amide bonds. The van der Waals surface area contributed by atoms with Crippen molar-refractivity contribution in [2.45, 2.75) is 38.3 Å². The molecule has 1 fully saturated rings. The minimum absolute atomic E-state index is 0.633. The Morgan fingerprint density at radius 3 is 3.06 bits per heavy atom. The van der Waals surface area contributed by atoms with Crippen LogP contribution in [-0.4, -0.2) is 19.2 Å². The van der Waals surface area contributed by atoms with E-state index < -0.39 is 0 Å². The quantitative estimate of drug-likeness (QED) is 0.811. The number of hydrogen-bond acceptors (Lipinski definition) is 3. The molecule has 17 heavy (non-hydrogen) atoms. The molecule has 3 N–H and O–H groups in total. The van der Waals surface area contributed by atoms with Gasteiger partial charge in [-0.3, -0.25) is 5.32 Å². The third-order valence-electron chi connectivity index (χ3n) is 3.55. The molecule has 0 aromatic carbocycles. The second-order valence-corrected chi connectivity index (χ2v) is 4.88. The van der Waals surface area contributed by atoms with Crippen molar-refractivity contribution >= 4 is 5.82 Å². The van der Waals surface area contributed by atoms with Crippen LogP contribution < -0.4 is 20.4 Å². The lowest BCUT2D eigenvalue weighted by Gasteiger charge is -2.08. The molecule has 4 heteroatoms. The summed E-state index contributed by atoms with van der Waals surface area (Å²) in [5, 5.41) is 6.89. The molecular formula is C13H20N3O+. The molecule has 0 spiro atoms. The van der Waals surface area contributed by atoms with Crippen molar-refractivity contribution in [1.82, 2.24) is 5.32 Å². The monoisotopic (exact) mass is 234 g/mol.